The van der Waals surface area contributed by atoms with Crippen molar-refractivity contribution < 1.29 is 0 Å². The van der Waals surface area contributed by atoms with Gasteiger partial charge in [-0.15, -0.1) is 11.3 Å². The van der Waals surface area contributed by atoms with Crippen LogP contribution in [0, 0.1) is 13.8 Å². The molecule has 0 aliphatic rings. The molecule has 0 spiro atoms. The monoisotopic (exact) mass is 345 g/mol. The standard InChI is InChI=1S/C17H19N3OS2/c1-10(2)20-16(21)14-11(3)12(4)23-15(14)19-17(20)22-9-13-7-5-6-8-18-13/h5-8,10H,9H2,1-4H3. The maximum Gasteiger partial charge on any atom is 0.263 e. The summed E-state index contributed by atoms with van der Waals surface area (Å²) in [5.41, 5.74) is 2.11. The van der Waals surface area contributed by atoms with Crippen LogP contribution in [0.3, 0.4) is 0 Å². The molecule has 23 heavy (non-hydrogen) atoms. The van der Waals surface area contributed by atoms with E-state index in [1.165, 1.54) is 0 Å². The first-order chi connectivity index (χ1) is 11.0. The maximum absolute atomic E-state index is 12.9. The first kappa shape index (κ1) is 16.2. The van der Waals surface area contributed by atoms with Crippen molar-refractivity contribution in [2.24, 2.45) is 0 Å². The average molecular weight is 345 g/mol. The van der Waals surface area contributed by atoms with Crippen molar-refractivity contribution in [1.82, 2.24) is 14.5 Å². The lowest BCUT2D eigenvalue weighted by Gasteiger charge is -2.15. The van der Waals surface area contributed by atoms with Crippen molar-refractivity contribution in [2.45, 2.75) is 44.6 Å². The van der Waals surface area contributed by atoms with E-state index in [1.807, 2.05) is 45.9 Å². The molecule has 0 aliphatic heterocycles. The third-order valence-corrected chi connectivity index (χ3v) is 5.88. The Hall–Kier alpha value is -1.66. The third-order valence-electron chi connectivity index (χ3n) is 3.79. The second-order valence-electron chi connectivity index (χ2n) is 5.74. The van der Waals surface area contributed by atoms with Crippen LogP contribution in [-0.4, -0.2) is 14.5 Å². The van der Waals surface area contributed by atoms with Crippen LogP contribution >= 0.6 is 23.1 Å². The van der Waals surface area contributed by atoms with Gasteiger partial charge in [-0.25, -0.2) is 4.98 Å². The van der Waals surface area contributed by atoms with Gasteiger partial charge in [0.1, 0.15) is 4.83 Å². The van der Waals surface area contributed by atoms with E-state index in [1.54, 1.807) is 33.9 Å². The highest BCUT2D eigenvalue weighted by Gasteiger charge is 2.18. The van der Waals surface area contributed by atoms with Crippen LogP contribution in [0.1, 0.15) is 36.0 Å². The molecule has 3 aromatic heterocycles. The molecule has 3 aromatic rings. The van der Waals surface area contributed by atoms with Gasteiger partial charge in [-0.3, -0.25) is 14.3 Å². The van der Waals surface area contributed by atoms with Crippen LogP contribution in [0.2, 0.25) is 0 Å². The van der Waals surface area contributed by atoms with Crippen molar-refractivity contribution in [3.63, 3.8) is 0 Å². The van der Waals surface area contributed by atoms with Crippen LogP contribution in [0.25, 0.3) is 10.2 Å². The van der Waals surface area contributed by atoms with E-state index < -0.39 is 0 Å². The number of nitrogens with zero attached hydrogens (tertiary/aromatic N) is 3. The minimum atomic E-state index is 0.0652. The van der Waals surface area contributed by atoms with E-state index in [0.29, 0.717) is 5.75 Å². The second kappa shape index (κ2) is 6.45. The van der Waals surface area contributed by atoms with E-state index in [0.717, 1.165) is 31.5 Å². The molecular weight excluding hydrogens is 326 g/mol. The highest BCUT2D eigenvalue weighted by Crippen LogP contribution is 2.30. The fourth-order valence-electron chi connectivity index (χ4n) is 2.47. The largest absolute Gasteiger partial charge is 0.284 e. The summed E-state index contributed by atoms with van der Waals surface area (Å²) in [4.78, 5) is 24.0. The number of hydrogen-bond donors (Lipinski definition) is 0. The molecule has 3 heterocycles. The number of hydrogen-bond acceptors (Lipinski definition) is 5. The minimum absolute atomic E-state index is 0.0652. The van der Waals surface area contributed by atoms with Crippen LogP contribution in [0.5, 0.6) is 0 Å². The Balaban J connectivity index is 2.08. The van der Waals surface area contributed by atoms with Crippen molar-refractivity contribution in [1.29, 1.82) is 0 Å². The predicted octanol–water partition coefficient (Wildman–Crippen LogP) is 4.34. The topological polar surface area (TPSA) is 47.8 Å². The van der Waals surface area contributed by atoms with Crippen LogP contribution in [0.15, 0.2) is 34.3 Å². The van der Waals surface area contributed by atoms with Crippen LogP contribution < -0.4 is 5.56 Å². The molecule has 0 saturated heterocycles. The van der Waals surface area contributed by atoms with Crippen molar-refractivity contribution in [3.05, 3.63) is 50.9 Å². The Kier molecular flexibility index (Phi) is 4.55. The summed E-state index contributed by atoms with van der Waals surface area (Å²) in [6, 6.07) is 5.94. The van der Waals surface area contributed by atoms with E-state index in [2.05, 4.69) is 4.98 Å². The van der Waals surface area contributed by atoms with Crippen LogP contribution in [0.4, 0.5) is 0 Å². The normalized spacial score (nSPS) is 11.5. The van der Waals surface area contributed by atoms with E-state index in [9.17, 15) is 4.79 Å². The highest BCUT2D eigenvalue weighted by molar-refractivity contribution is 7.98. The van der Waals surface area contributed by atoms with E-state index >= 15 is 0 Å². The van der Waals surface area contributed by atoms with Gasteiger partial charge in [0.15, 0.2) is 5.16 Å². The molecule has 0 atom stereocenters. The van der Waals surface area contributed by atoms with Gasteiger partial charge in [-0.2, -0.15) is 0 Å². The van der Waals surface area contributed by atoms with Crippen molar-refractivity contribution >= 4 is 33.3 Å². The minimum Gasteiger partial charge on any atom is -0.284 e. The average Bonchev–Trinajstić information content (AvgIpc) is 2.80. The number of thioether (sulfide) groups is 1. The van der Waals surface area contributed by atoms with Gasteiger partial charge in [-0.05, 0) is 45.4 Å². The molecule has 0 unspecified atom stereocenters. The molecule has 0 aliphatic carbocycles. The van der Waals surface area contributed by atoms with Crippen molar-refractivity contribution in [3.8, 4) is 0 Å². The quantitative estimate of drug-likeness (QED) is 0.521. The predicted molar refractivity (Wildman–Crippen MR) is 97.5 cm³/mol. The molecule has 0 saturated carbocycles. The molecule has 0 amide bonds. The number of aryl methyl sites for hydroxylation is 2. The lowest BCUT2D eigenvalue weighted by Crippen LogP contribution is -2.24. The zero-order valence-electron chi connectivity index (χ0n) is 13.7. The first-order valence-electron chi connectivity index (χ1n) is 7.54. The Bertz CT molecular complexity index is 898. The summed E-state index contributed by atoms with van der Waals surface area (Å²) in [7, 11) is 0. The number of thiophene rings is 1. The smallest absolute Gasteiger partial charge is 0.263 e. The lowest BCUT2D eigenvalue weighted by atomic mass is 10.2. The Morgan fingerprint density at radius 2 is 2.09 bits per heavy atom. The number of rotatable bonds is 4. The van der Waals surface area contributed by atoms with Gasteiger partial charge in [0.25, 0.3) is 5.56 Å². The SMILES string of the molecule is Cc1sc2nc(SCc3ccccn3)n(C(C)C)c(=O)c2c1C. The molecule has 3 rings (SSSR count). The van der Waals surface area contributed by atoms with Gasteiger partial charge in [0.2, 0.25) is 0 Å². The Morgan fingerprint density at radius 3 is 2.74 bits per heavy atom. The van der Waals surface area contributed by atoms with Gasteiger partial charge < -0.3 is 0 Å². The second-order valence-corrected chi connectivity index (χ2v) is 7.88. The number of pyridine rings is 1. The fourth-order valence-corrected chi connectivity index (χ4v) is 4.58. The van der Waals surface area contributed by atoms with Gasteiger partial charge in [0, 0.05) is 22.9 Å². The molecule has 0 bridgehead atoms. The molecule has 120 valence electrons. The molecular formula is C17H19N3OS2. The van der Waals surface area contributed by atoms with Gasteiger partial charge >= 0.3 is 0 Å². The zero-order valence-corrected chi connectivity index (χ0v) is 15.3. The van der Waals surface area contributed by atoms with E-state index in [-0.39, 0.29) is 11.6 Å². The summed E-state index contributed by atoms with van der Waals surface area (Å²) in [6.45, 7) is 8.09. The molecule has 0 aromatic carbocycles. The molecule has 4 nitrogen and oxygen atoms in total. The molecule has 0 radical (unpaired) electrons. The number of aromatic nitrogens is 3. The highest BCUT2D eigenvalue weighted by atomic mass is 32.2. The Morgan fingerprint density at radius 1 is 1.30 bits per heavy atom. The Labute approximate surface area is 143 Å². The maximum atomic E-state index is 12.9. The fraction of sp³-hybridized carbons (Fsp3) is 0.353. The summed E-state index contributed by atoms with van der Waals surface area (Å²) in [5, 5.41) is 1.53. The molecule has 0 fully saturated rings. The summed E-state index contributed by atoms with van der Waals surface area (Å²) >= 11 is 3.16. The third kappa shape index (κ3) is 3.05. The summed E-state index contributed by atoms with van der Waals surface area (Å²) in [5.74, 6) is 0.703. The lowest BCUT2D eigenvalue weighted by molar-refractivity contribution is 0.519. The van der Waals surface area contributed by atoms with E-state index in [4.69, 9.17) is 4.98 Å². The summed E-state index contributed by atoms with van der Waals surface area (Å²) < 4.78 is 1.80. The van der Waals surface area contributed by atoms with Gasteiger partial charge in [0.05, 0.1) is 11.1 Å². The molecule has 6 heteroatoms. The van der Waals surface area contributed by atoms with Gasteiger partial charge in [-0.1, -0.05) is 17.8 Å². The molecule has 0 N–H and O–H groups in total. The summed E-state index contributed by atoms with van der Waals surface area (Å²) in [6.07, 6.45) is 1.79. The zero-order chi connectivity index (χ0) is 16.6. The van der Waals surface area contributed by atoms with Crippen LogP contribution in [-0.2, 0) is 5.75 Å². The first-order valence-corrected chi connectivity index (χ1v) is 9.34. The van der Waals surface area contributed by atoms with Crippen molar-refractivity contribution in [2.75, 3.05) is 0 Å². The number of fused-ring (bicyclic) bond motifs is 1.